The van der Waals surface area contributed by atoms with Gasteiger partial charge in [0.2, 0.25) is 0 Å². The Morgan fingerprint density at radius 1 is 1.10 bits per heavy atom. The summed E-state index contributed by atoms with van der Waals surface area (Å²) in [7, 11) is 0. The van der Waals surface area contributed by atoms with Crippen LogP contribution in [0.2, 0.25) is 0 Å². The number of ketones is 1. The third-order valence-electron chi connectivity index (χ3n) is 7.37. The molecule has 0 radical (unpaired) electrons. The van der Waals surface area contributed by atoms with Gasteiger partial charge in [0.25, 0.3) is 0 Å². The van der Waals surface area contributed by atoms with Gasteiger partial charge in [-0.2, -0.15) is 0 Å². The highest BCUT2D eigenvalue weighted by atomic mass is 16.3. The van der Waals surface area contributed by atoms with Gasteiger partial charge in [0.05, 0.1) is 11.7 Å². The second kappa shape index (κ2) is 4.42. The summed E-state index contributed by atoms with van der Waals surface area (Å²) >= 11 is 0. The molecular weight excluding hydrogens is 264 g/mol. The molecule has 21 heavy (non-hydrogen) atoms. The molecule has 0 spiro atoms. The van der Waals surface area contributed by atoms with Crippen LogP contribution in [0.3, 0.4) is 0 Å². The number of aliphatic hydroxyl groups excluding tert-OH is 1. The molecule has 3 nitrogen and oxygen atoms in total. The lowest BCUT2D eigenvalue weighted by molar-refractivity contribution is -0.166. The van der Waals surface area contributed by atoms with E-state index in [2.05, 4.69) is 6.92 Å². The zero-order valence-electron chi connectivity index (χ0n) is 12.8. The third kappa shape index (κ3) is 1.77. The Morgan fingerprint density at radius 3 is 2.71 bits per heavy atom. The van der Waals surface area contributed by atoms with Gasteiger partial charge in [0.1, 0.15) is 0 Å². The smallest absolute Gasteiger partial charge is 0.155 e. The van der Waals surface area contributed by atoms with Crippen molar-refractivity contribution in [3.8, 4) is 0 Å². The monoisotopic (exact) mass is 290 g/mol. The first-order valence-corrected chi connectivity index (χ1v) is 8.59. The molecule has 0 saturated heterocycles. The number of hydrogen-bond donors (Lipinski definition) is 2. The lowest BCUT2D eigenvalue weighted by Crippen LogP contribution is -2.58. The molecule has 116 valence electrons. The lowest BCUT2D eigenvalue weighted by atomic mass is 9.50. The van der Waals surface area contributed by atoms with E-state index in [-0.39, 0.29) is 23.2 Å². The van der Waals surface area contributed by atoms with Crippen molar-refractivity contribution in [2.45, 2.75) is 70.0 Å². The third-order valence-corrected chi connectivity index (χ3v) is 7.37. The number of aliphatic hydroxyl groups is 2. The molecule has 3 fully saturated rings. The SMILES string of the molecule is C[C@]12CC[C@]3(O)[C@H]4CCC(=O)C=C4CC[C@H]3[C@@H]1CC[C@@H]2O. The van der Waals surface area contributed by atoms with Crippen LogP contribution in [0.25, 0.3) is 0 Å². The zero-order chi connectivity index (χ0) is 14.8. The fraction of sp³-hybridized carbons (Fsp3) is 0.833. The second-order valence-electron chi connectivity index (χ2n) is 8.12. The lowest BCUT2D eigenvalue weighted by Gasteiger charge is -2.58. The summed E-state index contributed by atoms with van der Waals surface area (Å²) in [6, 6.07) is 0. The fourth-order valence-electron chi connectivity index (χ4n) is 6.14. The Bertz CT molecular complexity index is 511. The van der Waals surface area contributed by atoms with E-state index >= 15 is 0 Å². The van der Waals surface area contributed by atoms with E-state index in [1.807, 2.05) is 6.08 Å². The first-order chi connectivity index (χ1) is 9.95. The first kappa shape index (κ1) is 14.0. The van der Waals surface area contributed by atoms with Crippen LogP contribution in [0.15, 0.2) is 11.6 Å². The number of hydrogen-bond acceptors (Lipinski definition) is 3. The molecule has 0 unspecified atom stereocenters. The minimum absolute atomic E-state index is 0.00258. The minimum Gasteiger partial charge on any atom is -0.393 e. The van der Waals surface area contributed by atoms with Crippen molar-refractivity contribution in [2.24, 2.45) is 23.2 Å². The maximum absolute atomic E-state index is 11.7. The van der Waals surface area contributed by atoms with Gasteiger partial charge in [-0.15, -0.1) is 0 Å². The standard InChI is InChI=1S/C18H26O3/c1-17-8-9-18(21)13-5-3-12(19)10-11(13)2-4-15(18)14(17)6-7-16(17)20/h10,13-16,20-21H,2-9H2,1H3/t13-,14-,15-,16-,17-,18-/m0/s1. The molecule has 3 heteroatoms. The molecule has 0 heterocycles. The Kier molecular flexibility index (Phi) is 2.94. The van der Waals surface area contributed by atoms with Gasteiger partial charge >= 0.3 is 0 Å². The summed E-state index contributed by atoms with van der Waals surface area (Å²) in [5.41, 5.74) is 0.578. The first-order valence-electron chi connectivity index (χ1n) is 8.59. The van der Waals surface area contributed by atoms with Crippen molar-refractivity contribution in [1.82, 2.24) is 0 Å². The normalized spacial score (nSPS) is 52.7. The maximum Gasteiger partial charge on any atom is 0.155 e. The molecule has 0 aliphatic heterocycles. The van der Waals surface area contributed by atoms with Gasteiger partial charge in [0, 0.05) is 12.3 Å². The van der Waals surface area contributed by atoms with Crippen LogP contribution in [0.4, 0.5) is 0 Å². The van der Waals surface area contributed by atoms with Crippen LogP contribution in [-0.2, 0) is 4.79 Å². The molecule has 4 aliphatic carbocycles. The molecular formula is C18H26O3. The summed E-state index contributed by atoms with van der Waals surface area (Å²) in [4.78, 5) is 11.7. The molecule has 6 atom stereocenters. The summed E-state index contributed by atoms with van der Waals surface area (Å²) in [6.45, 7) is 2.23. The van der Waals surface area contributed by atoms with E-state index in [0.717, 1.165) is 44.9 Å². The highest BCUT2D eigenvalue weighted by molar-refractivity contribution is 5.91. The molecule has 0 aromatic carbocycles. The van der Waals surface area contributed by atoms with Crippen molar-refractivity contribution in [1.29, 1.82) is 0 Å². The van der Waals surface area contributed by atoms with Crippen LogP contribution < -0.4 is 0 Å². The minimum atomic E-state index is -0.626. The second-order valence-corrected chi connectivity index (χ2v) is 8.12. The average molecular weight is 290 g/mol. The van der Waals surface area contributed by atoms with Crippen LogP contribution in [0.5, 0.6) is 0 Å². The Morgan fingerprint density at radius 2 is 1.90 bits per heavy atom. The molecule has 4 aliphatic rings. The highest BCUT2D eigenvalue weighted by Gasteiger charge is 2.61. The van der Waals surface area contributed by atoms with Crippen LogP contribution >= 0.6 is 0 Å². The molecule has 3 saturated carbocycles. The molecule has 0 bridgehead atoms. The average Bonchev–Trinajstić information content (AvgIpc) is 2.75. The van der Waals surface area contributed by atoms with Crippen molar-refractivity contribution < 1.29 is 15.0 Å². The zero-order valence-corrected chi connectivity index (χ0v) is 12.8. The van der Waals surface area contributed by atoms with Crippen molar-refractivity contribution >= 4 is 5.78 Å². The maximum atomic E-state index is 11.7. The van der Waals surface area contributed by atoms with E-state index in [1.165, 1.54) is 5.57 Å². The van der Waals surface area contributed by atoms with Gasteiger partial charge in [-0.1, -0.05) is 12.5 Å². The number of fused-ring (bicyclic) bond motifs is 5. The Hall–Kier alpha value is -0.670. The Balaban J connectivity index is 1.70. The van der Waals surface area contributed by atoms with Gasteiger partial charge in [-0.25, -0.2) is 0 Å². The quantitative estimate of drug-likeness (QED) is 0.721. The predicted molar refractivity (Wildman–Crippen MR) is 79.6 cm³/mol. The van der Waals surface area contributed by atoms with Crippen molar-refractivity contribution in [2.75, 3.05) is 0 Å². The van der Waals surface area contributed by atoms with E-state index in [1.54, 1.807) is 0 Å². The highest BCUT2D eigenvalue weighted by Crippen LogP contribution is 2.63. The van der Waals surface area contributed by atoms with Crippen LogP contribution in [-0.4, -0.2) is 27.7 Å². The van der Waals surface area contributed by atoms with Gasteiger partial charge in [-0.3, -0.25) is 4.79 Å². The molecule has 2 N–H and O–H groups in total. The van der Waals surface area contributed by atoms with Crippen molar-refractivity contribution in [3.63, 3.8) is 0 Å². The number of rotatable bonds is 0. The summed E-state index contributed by atoms with van der Waals surface area (Å²) in [5.74, 6) is 1.19. The largest absolute Gasteiger partial charge is 0.393 e. The number of carbonyl (C=O) groups is 1. The molecule has 0 aromatic heterocycles. The predicted octanol–water partition coefficient (Wildman–Crippen LogP) is 2.60. The van der Waals surface area contributed by atoms with Gasteiger partial charge in [-0.05, 0) is 68.3 Å². The fourth-order valence-corrected chi connectivity index (χ4v) is 6.14. The molecule has 4 rings (SSSR count). The topological polar surface area (TPSA) is 57.5 Å². The summed E-state index contributed by atoms with van der Waals surface area (Å²) in [6.07, 6.45) is 8.63. The van der Waals surface area contributed by atoms with Gasteiger partial charge in [0.15, 0.2) is 5.78 Å². The summed E-state index contributed by atoms with van der Waals surface area (Å²) < 4.78 is 0. The van der Waals surface area contributed by atoms with E-state index in [4.69, 9.17) is 0 Å². The van der Waals surface area contributed by atoms with E-state index < -0.39 is 5.60 Å². The van der Waals surface area contributed by atoms with E-state index in [9.17, 15) is 15.0 Å². The van der Waals surface area contributed by atoms with Crippen LogP contribution in [0, 0.1) is 23.2 Å². The summed E-state index contributed by atoms with van der Waals surface area (Å²) in [5, 5.41) is 21.9. The molecule has 0 aromatic rings. The molecule has 0 amide bonds. The van der Waals surface area contributed by atoms with Crippen LogP contribution in [0.1, 0.15) is 58.3 Å². The van der Waals surface area contributed by atoms with E-state index in [0.29, 0.717) is 18.3 Å². The van der Waals surface area contributed by atoms with Gasteiger partial charge < -0.3 is 10.2 Å². The Labute approximate surface area is 126 Å². The van der Waals surface area contributed by atoms with Crippen molar-refractivity contribution in [3.05, 3.63) is 11.6 Å². The number of carbonyl (C=O) groups excluding carboxylic acids is 1.